The fourth-order valence-corrected chi connectivity index (χ4v) is 1.69. The minimum atomic E-state index is -0.364. The van der Waals surface area contributed by atoms with Gasteiger partial charge in [-0.15, -0.1) is 0 Å². The Morgan fingerprint density at radius 2 is 1.95 bits per heavy atom. The number of nitrogens with zero attached hydrogens (tertiary/aromatic N) is 2. The number of carbonyl (C=O) groups is 1. The van der Waals surface area contributed by atoms with Crippen molar-refractivity contribution in [1.82, 2.24) is 15.5 Å². The minimum Gasteiger partial charge on any atom is -0.395 e. The maximum absolute atomic E-state index is 11.5. The maximum atomic E-state index is 11.5. The van der Waals surface area contributed by atoms with Gasteiger partial charge in [0, 0.05) is 23.2 Å². The van der Waals surface area contributed by atoms with Gasteiger partial charge in [0.1, 0.15) is 0 Å². The standard InChI is InChI=1S/C15H20N4O3/c1-15(2,3)13-18-12(19-22-13)10-4-6-11(7-5-10)17-14(21)16-8-9-20/h4-7,20H,8-9H2,1-3H3,(H2,16,17,21). The second kappa shape index (κ2) is 6.57. The van der Waals surface area contributed by atoms with E-state index in [-0.39, 0.29) is 24.6 Å². The number of hydrogen-bond acceptors (Lipinski definition) is 5. The van der Waals surface area contributed by atoms with Crippen LogP contribution in [0.5, 0.6) is 0 Å². The Bertz CT molecular complexity index is 629. The van der Waals surface area contributed by atoms with Gasteiger partial charge in [0.15, 0.2) is 0 Å². The minimum absolute atomic E-state index is 0.0969. The number of aromatic nitrogens is 2. The normalized spacial score (nSPS) is 11.3. The Morgan fingerprint density at radius 3 is 2.50 bits per heavy atom. The Kier molecular flexibility index (Phi) is 4.77. The van der Waals surface area contributed by atoms with Gasteiger partial charge in [-0.05, 0) is 24.3 Å². The molecule has 2 aromatic rings. The van der Waals surface area contributed by atoms with Crippen LogP contribution in [0, 0.1) is 0 Å². The van der Waals surface area contributed by atoms with Crippen molar-refractivity contribution in [2.75, 3.05) is 18.5 Å². The molecule has 0 unspecified atom stereocenters. The molecule has 1 aromatic carbocycles. The molecule has 0 fully saturated rings. The fourth-order valence-electron chi connectivity index (χ4n) is 1.69. The number of benzene rings is 1. The van der Waals surface area contributed by atoms with Crippen molar-refractivity contribution in [3.63, 3.8) is 0 Å². The van der Waals surface area contributed by atoms with Crippen molar-refractivity contribution in [3.8, 4) is 11.4 Å². The molecule has 3 N–H and O–H groups in total. The second-order valence-electron chi connectivity index (χ2n) is 5.85. The Hall–Kier alpha value is -2.41. The van der Waals surface area contributed by atoms with E-state index < -0.39 is 0 Å². The molecule has 0 bridgehead atoms. The molecule has 7 nitrogen and oxygen atoms in total. The lowest BCUT2D eigenvalue weighted by atomic mass is 9.97. The lowest BCUT2D eigenvalue weighted by molar-refractivity contribution is 0.245. The van der Waals surface area contributed by atoms with E-state index >= 15 is 0 Å². The number of aliphatic hydroxyl groups excluding tert-OH is 1. The summed E-state index contributed by atoms with van der Waals surface area (Å²) in [6.45, 7) is 6.12. The number of carbonyl (C=O) groups excluding carboxylic acids is 1. The molecule has 7 heteroatoms. The predicted octanol–water partition coefficient (Wildman–Crippen LogP) is 2.15. The average molecular weight is 304 g/mol. The monoisotopic (exact) mass is 304 g/mol. The van der Waals surface area contributed by atoms with E-state index in [1.807, 2.05) is 20.8 Å². The first-order valence-electron chi connectivity index (χ1n) is 7.00. The number of anilines is 1. The van der Waals surface area contributed by atoms with Crippen LogP contribution in [-0.4, -0.2) is 34.4 Å². The van der Waals surface area contributed by atoms with Crippen molar-refractivity contribution < 1.29 is 14.4 Å². The molecule has 0 aliphatic carbocycles. The molecule has 0 aliphatic heterocycles. The first-order chi connectivity index (χ1) is 10.4. The molecule has 0 saturated carbocycles. The van der Waals surface area contributed by atoms with Gasteiger partial charge in [-0.25, -0.2) is 4.79 Å². The number of aliphatic hydroxyl groups is 1. The van der Waals surface area contributed by atoms with Gasteiger partial charge in [0.05, 0.1) is 6.61 Å². The summed E-state index contributed by atoms with van der Waals surface area (Å²) >= 11 is 0. The van der Waals surface area contributed by atoms with E-state index in [0.29, 0.717) is 17.4 Å². The number of amides is 2. The van der Waals surface area contributed by atoms with Gasteiger partial charge in [0.25, 0.3) is 0 Å². The van der Waals surface area contributed by atoms with Gasteiger partial charge >= 0.3 is 6.03 Å². The van der Waals surface area contributed by atoms with Crippen LogP contribution < -0.4 is 10.6 Å². The molecule has 1 heterocycles. The first kappa shape index (κ1) is 16.0. The van der Waals surface area contributed by atoms with Crippen LogP contribution in [0.1, 0.15) is 26.7 Å². The molecule has 22 heavy (non-hydrogen) atoms. The molecule has 118 valence electrons. The van der Waals surface area contributed by atoms with Crippen LogP contribution >= 0.6 is 0 Å². The first-order valence-corrected chi connectivity index (χ1v) is 7.00. The summed E-state index contributed by atoms with van der Waals surface area (Å²) in [6.07, 6.45) is 0. The van der Waals surface area contributed by atoms with Crippen molar-refractivity contribution in [1.29, 1.82) is 0 Å². The van der Waals surface area contributed by atoms with Crippen LogP contribution in [0.3, 0.4) is 0 Å². The van der Waals surface area contributed by atoms with Crippen molar-refractivity contribution in [2.45, 2.75) is 26.2 Å². The highest BCUT2D eigenvalue weighted by molar-refractivity contribution is 5.89. The third-order valence-corrected chi connectivity index (χ3v) is 2.87. The van der Waals surface area contributed by atoms with E-state index in [2.05, 4.69) is 20.8 Å². The molecule has 0 aliphatic rings. The van der Waals surface area contributed by atoms with Gasteiger partial charge < -0.3 is 20.3 Å². The van der Waals surface area contributed by atoms with Crippen LogP contribution in [-0.2, 0) is 5.41 Å². The van der Waals surface area contributed by atoms with Crippen molar-refractivity contribution in [2.24, 2.45) is 0 Å². The zero-order valence-electron chi connectivity index (χ0n) is 12.9. The molecule has 0 spiro atoms. The van der Waals surface area contributed by atoms with Crippen molar-refractivity contribution in [3.05, 3.63) is 30.2 Å². The Labute approximate surface area is 128 Å². The van der Waals surface area contributed by atoms with E-state index in [1.54, 1.807) is 24.3 Å². The summed E-state index contributed by atoms with van der Waals surface area (Å²) in [5.41, 5.74) is 1.25. The highest BCUT2D eigenvalue weighted by atomic mass is 16.5. The number of hydrogen-bond donors (Lipinski definition) is 3. The van der Waals surface area contributed by atoms with Gasteiger partial charge in [0.2, 0.25) is 11.7 Å². The molecule has 0 atom stereocenters. The predicted molar refractivity (Wildman–Crippen MR) is 82.5 cm³/mol. The number of rotatable bonds is 4. The third-order valence-electron chi connectivity index (χ3n) is 2.87. The second-order valence-corrected chi connectivity index (χ2v) is 5.85. The van der Waals surface area contributed by atoms with Gasteiger partial charge in [-0.3, -0.25) is 0 Å². The largest absolute Gasteiger partial charge is 0.395 e. The zero-order chi connectivity index (χ0) is 16.2. The highest BCUT2D eigenvalue weighted by Crippen LogP contribution is 2.24. The van der Waals surface area contributed by atoms with Gasteiger partial charge in [-0.2, -0.15) is 4.98 Å². The number of urea groups is 1. The number of nitrogens with one attached hydrogen (secondary N) is 2. The summed E-state index contributed by atoms with van der Waals surface area (Å²) in [4.78, 5) is 15.8. The SMILES string of the molecule is CC(C)(C)c1nc(-c2ccc(NC(=O)NCCO)cc2)no1. The Morgan fingerprint density at radius 1 is 1.27 bits per heavy atom. The van der Waals surface area contributed by atoms with Gasteiger partial charge in [-0.1, -0.05) is 25.9 Å². The van der Waals surface area contributed by atoms with Crippen LogP contribution in [0.25, 0.3) is 11.4 Å². The van der Waals surface area contributed by atoms with E-state index in [4.69, 9.17) is 9.63 Å². The van der Waals surface area contributed by atoms with Crippen LogP contribution in [0.15, 0.2) is 28.8 Å². The zero-order valence-corrected chi connectivity index (χ0v) is 12.9. The highest BCUT2D eigenvalue weighted by Gasteiger charge is 2.22. The fraction of sp³-hybridized carbons (Fsp3) is 0.400. The molecule has 0 saturated heterocycles. The summed E-state index contributed by atoms with van der Waals surface area (Å²) in [6, 6.07) is 6.75. The van der Waals surface area contributed by atoms with Crippen LogP contribution in [0.4, 0.5) is 10.5 Å². The molecular formula is C15H20N4O3. The van der Waals surface area contributed by atoms with E-state index in [1.165, 1.54) is 0 Å². The van der Waals surface area contributed by atoms with E-state index in [9.17, 15) is 4.79 Å². The average Bonchev–Trinajstić information content (AvgIpc) is 2.96. The molecule has 1 aromatic heterocycles. The quantitative estimate of drug-likeness (QED) is 0.803. The topological polar surface area (TPSA) is 100 Å². The third kappa shape index (κ3) is 4.05. The summed E-state index contributed by atoms with van der Waals surface area (Å²) in [5, 5.41) is 17.8. The van der Waals surface area contributed by atoms with Crippen LogP contribution in [0.2, 0.25) is 0 Å². The maximum Gasteiger partial charge on any atom is 0.319 e. The van der Waals surface area contributed by atoms with E-state index in [0.717, 1.165) is 5.56 Å². The smallest absolute Gasteiger partial charge is 0.319 e. The summed E-state index contributed by atoms with van der Waals surface area (Å²) < 4.78 is 5.26. The lowest BCUT2D eigenvalue weighted by Crippen LogP contribution is -2.30. The molecule has 2 rings (SSSR count). The summed E-state index contributed by atoms with van der Waals surface area (Å²) in [7, 11) is 0. The Balaban J connectivity index is 2.06. The molecule has 2 amide bonds. The lowest BCUT2D eigenvalue weighted by Gasteiger charge is -2.10. The summed E-state index contributed by atoms with van der Waals surface area (Å²) in [5.74, 6) is 1.09. The van der Waals surface area contributed by atoms with Crippen molar-refractivity contribution >= 4 is 11.7 Å². The molecular weight excluding hydrogens is 284 g/mol. The molecule has 0 radical (unpaired) electrons.